The molecule has 19 heavy (non-hydrogen) atoms. The number of carbonyl (C=O) groups is 1. The SMILES string of the molecule is Cc1nnc(NC(=O)c2ccc([N+](=O)[O-])c(Cl)c2)s1. The zero-order valence-electron chi connectivity index (χ0n) is 9.58. The van der Waals surface area contributed by atoms with Gasteiger partial charge in [0.05, 0.1) is 4.92 Å². The average molecular weight is 299 g/mol. The predicted molar refractivity (Wildman–Crippen MR) is 70.7 cm³/mol. The van der Waals surface area contributed by atoms with Crippen LogP contribution in [0.4, 0.5) is 10.8 Å². The van der Waals surface area contributed by atoms with Crippen LogP contribution >= 0.6 is 22.9 Å². The fourth-order valence-electron chi connectivity index (χ4n) is 1.31. The van der Waals surface area contributed by atoms with E-state index in [9.17, 15) is 14.9 Å². The molecular weight excluding hydrogens is 292 g/mol. The third-order valence-corrected chi connectivity index (χ3v) is 3.21. The van der Waals surface area contributed by atoms with Crippen LogP contribution in [-0.2, 0) is 0 Å². The molecule has 0 unspecified atom stereocenters. The molecular formula is C10H7ClN4O3S. The number of nitro benzene ring substituents is 1. The number of aromatic nitrogens is 2. The number of nitrogens with one attached hydrogen (secondary N) is 1. The van der Waals surface area contributed by atoms with Crippen molar-refractivity contribution < 1.29 is 9.72 Å². The topological polar surface area (TPSA) is 98.0 Å². The van der Waals surface area contributed by atoms with Crippen molar-refractivity contribution in [2.45, 2.75) is 6.92 Å². The van der Waals surface area contributed by atoms with Gasteiger partial charge in [0, 0.05) is 11.6 Å². The lowest BCUT2D eigenvalue weighted by Gasteiger charge is -2.02. The van der Waals surface area contributed by atoms with Crippen molar-refractivity contribution in [1.29, 1.82) is 0 Å². The minimum absolute atomic E-state index is 0.0916. The second kappa shape index (κ2) is 5.29. The number of anilines is 1. The average Bonchev–Trinajstić information content (AvgIpc) is 2.74. The first-order valence-electron chi connectivity index (χ1n) is 5.03. The monoisotopic (exact) mass is 298 g/mol. The number of nitrogens with zero attached hydrogens (tertiary/aromatic N) is 3. The summed E-state index contributed by atoms with van der Waals surface area (Å²) in [6, 6.07) is 3.75. The molecule has 1 heterocycles. The highest BCUT2D eigenvalue weighted by Crippen LogP contribution is 2.25. The fraction of sp³-hybridized carbons (Fsp3) is 0.100. The lowest BCUT2D eigenvalue weighted by Crippen LogP contribution is -2.11. The zero-order valence-corrected chi connectivity index (χ0v) is 11.2. The predicted octanol–water partition coefficient (Wildman–Crippen LogP) is 2.66. The van der Waals surface area contributed by atoms with Crippen molar-refractivity contribution in [2.75, 3.05) is 5.32 Å². The van der Waals surface area contributed by atoms with E-state index >= 15 is 0 Å². The first-order valence-corrected chi connectivity index (χ1v) is 6.22. The molecule has 0 radical (unpaired) electrons. The third-order valence-electron chi connectivity index (χ3n) is 2.15. The molecule has 1 aromatic heterocycles. The van der Waals surface area contributed by atoms with Crippen molar-refractivity contribution in [1.82, 2.24) is 10.2 Å². The molecule has 1 amide bonds. The van der Waals surface area contributed by atoms with Crippen molar-refractivity contribution in [2.24, 2.45) is 0 Å². The molecule has 0 saturated carbocycles. The van der Waals surface area contributed by atoms with Gasteiger partial charge in [0.25, 0.3) is 11.6 Å². The first kappa shape index (κ1) is 13.4. The van der Waals surface area contributed by atoms with Crippen LogP contribution in [0, 0.1) is 17.0 Å². The molecule has 0 atom stereocenters. The molecule has 98 valence electrons. The van der Waals surface area contributed by atoms with Gasteiger partial charge in [-0.1, -0.05) is 22.9 Å². The third kappa shape index (κ3) is 3.04. The molecule has 1 N–H and O–H groups in total. The highest BCUT2D eigenvalue weighted by molar-refractivity contribution is 7.15. The van der Waals surface area contributed by atoms with E-state index in [2.05, 4.69) is 15.5 Å². The maximum Gasteiger partial charge on any atom is 0.287 e. The first-order chi connectivity index (χ1) is 8.97. The second-order valence-corrected chi connectivity index (χ2v) is 5.09. The van der Waals surface area contributed by atoms with Crippen LogP contribution in [0.2, 0.25) is 5.02 Å². The van der Waals surface area contributed by atoms with Gasteiger partial charge in [-0.2, -0.15) is 0 Å². The Morgan fingerprint density at radius 1 is 1.47 bits per heavy atom. The summed E-state index contributed by atoms with van der Waals surface area (Å²) in [6.45, 7) is 1.76. The number of rotatable bonds is 3. The number of hydrogen-bond donors (Lipinski definition) is 1. The summed E-state index contributed by atoms with van der Waals surface area (Å²) in [5.74, 6) is -0.451. The van der Waals surface area contributed by atoms with Gasteiger partial charge in [-0.25, -0.2) is 0 Å². The molecule has 7 nitrogen and oxygen atoms in total. The quantitative estimate of drug-likeness (QED) is 0.694. The zero-order chi connectivity index (χ0) is 14.0. The number of halogens is 1. The number of carbonyl (C=O) groups excluding carboxylic acids is 1. The van der Waals surface area contributed by atoms with E-state index in [-0.39, 0.29) is 16.3 Å². The van der Waals surface area contributed by atoms with Crippen molar-refractivity contribution >= 4 is 39.7 Å². The van der Waals surface area contributed by atoms with Crippen molar-refractivity contribution in [3.8, 4) is 0 Å². The van der Waals surface area contributed by atoms with Crippen molar-refractivity contribution in [3.05, 3.63) is 43.9 Å². The molecule has 0 saturated heterocycles. The standard InChI is InChI=1S/C10H7ClN4O3S/c1-5-13-14-10(19-5)12-9(16)6-2-3-8(15(17)18)7(11)4-6/h2-4H,1H3,(H,12,14,16). The highest BCUT2D eigenvalue weighted by Gasteiger charge is 2.16. The van der Waals surface area contributed by atoms with E-state index in [1.807, 2.05) is 0 Å². The van der Waals surface area contributed by atoms with Crippen LogP contribution in [0.5, 0.6) is 0 Å². The summed E-state index contributed by atoms with van der Waals surface area (Å²) >= 11 is 6.96. The molecule has 0 bridgehead atoms. The van der Waals surface area contributed by atoms with Gasteiger partial charge in [-0.3, -0.25) is 20.2 Å². The summed E-state index contributed by atoms with van der Waals surface area (Å²) in [6.07, 6.45) is 0. The number of hydrogen-bond acceptors (Lipinski definition) is 6. The van der Waals surface area contributed by atoms with Crippen LogP contribution in [0.3, 0.4) is 0 Å². The maximum atomic E-state index is 11.9. The van der Waals surface area contributed by atoms with Crippen LogP contribution in [0.25, 0.3) is 0 Å². The molecule has 2 rings (SSSR count). The molecule has 0 fully saturated rings. The van der Waals surface area contributed by atoms with Gasteiger partial charge >= 0.3 is 0 Å². The van der Waals surface area contributed by atoms with Crippen molar-refractivity contribution in [3.63, 3.8) is 0 Å². The maximum absolute atomic E-state index is 11.9. The van der Waals surface area contributed by atoms with E-state index in [4.69, 9.17) is 11.6 Å². The van der Waals surface area contributed by atoms with Gasteiger partial charge in [-0.15, -0.1) is 10.2 Å². The Hall–Kier alpha value is -2.06. The number of benzene rings is 1. The summed E-state index contributed by atoms with van der Waals surface area (Å²) in [4.78, 5) is 21.8. The minimum atomic E-state index is -0.613. The van der Waals surface area contributed by atoms with Crippen LogP contribution < -0.4 is 5.32 Å². The molecule has 0 aliphatic rings. The Morgan fingerprint density at radius 3 is 2.74 bits per heavy atom. The smallest absolute Gasteiger partial charge is 0.287 e. The Bertz CT molecular complexity index is 658. The summed E-state index contributed by atoms with van der Waals surface area (Å²) in [5, 5.41) is 21.6. The Labute approximate surface area is 116 Å². The highest BCUT2D eigenvalue weighted by atomic mass is 35.5. The van der Waals surface area contributed by atoms with Crippen LogP contribution in [0.1, 0.15) is 15.4 Å². The van der Waals surface area contributed by atoms with E-state index in [1.54, 1.807) is 6.92 Å². The van der Waals surface area contributed by atoms with E-state index < -0.39 is 10.8 Å². The molecule has 0 spiro atoms. The Morgan fingerprint density at radius 2 is 2.21 bits per heavy atom. The summed E-state index contributed by atoms with van der Waals surface area (Å²) in [7, 11) is 0. The number of amides is 1. The van der Waals surface area contributed by atoms with Gasteiger partial charge < -0.3 is 0 Å². The Kier molecular flexibility index (Phi) is 3.72. The number of nitro groups is 1. The van der Waals surface area contributed by atoms with Crippen LogP contribution in [0.15, 0.2) is 18.2 Å². The van der Waals surface area contributed by atoms with E-state index in [0.29, 0.717) is 5.13 Å². The van der Waals surface area contributed by atoms with Gasteiger partial charge in [0.2, 0.25) is 5.13 Å². The van der Waals surface area contributed by atoms with Gasteiger partial charge in [0.15, 0.2) is 0 Å². The second-order valence-electron chi connectivity index (χ2n) is 3.50. The molecule has 0 aliphatic heterocycles. The van der Waals surface area contributed by atoms with Crippen LogP contribution in [-0.4, -0.2) is 21.0 Å². The lowest BCUT2D eigenvalue weighted by atomic mass is 10.2. The fourth-order valence-corrected chi connectivity index (χ4v) is 2.15. The van der Waals surface area contributed by atoms with E-state index in [1.165, 1.54) is 29.5 Å². The number of aryl methyl sites for hydroxylation is 1. The minimum Gasteiger partial charge on any atom is -0.296 e. The summed E-state index contributed by atoms with van der Waals surface area (Å²) < 4.78 is 0. The van der Waals surface area contributed by atoms with E-state index in [0.717, 1.165) is 5.01 Å². The Balaban J connectivity index is 2.20. The molecule has 1 aromatic carbocycles. The van der Waals surface area contributed by atoms with Gasteiger partial charge in [-0.05, 0) is 19.1 Å². The largest absolute Gasteiger partial charge is 0.296 e. The molecule has 2 aromatic rings. The molecule has 0 aliphatic carbocycles. The lowest BCUT2D eigenvalue weighted by molar-refractivity contribution is -0.384. The molecule has 9 heteroatoms. The normalized spacial score (nSPS) is 10.2. The summed E-state index contributed by atoms with van der Waals surface area (Å²) in [5.41, 5.74) is -0.0339. The van der Waals surface area contributed by atoms with Gasteiger partial charge in [0.1, 0.15) is 10.0 Å².